The first-order valence-corrected chi connectivity index (χ1v) is 11.7. The van der Waals surface area contributed by atoms with Gasteiger partial charge in [-0.3, -0.25) is 19.3 Å². The molecule has 1 aromatic carbocycles. The van der Waals surface area contributed by atoms with Crippen molar-refractivity contribution in [2.45, 2.75) is 25.7 Å². The molecule has 3 heterocycles. The second-order valence-electron chi connectivity index (χ2n) is 8.42. The summed E-state index contributed by atoms with van der Waals surface area (Å²) in [6.07, 6.45) is 3.33. The summed E-state index contributed by atoms with van der Waals surface area (Å²) in [6.45, 7) is 5.49. The van der Waals surface area contributed by atoms with Crippen molar-refractivity contribution in [3.05, 3.63) is 28.7 Å². The Labute approximate surface area is 186 Å². The molecule has 162 valence electrons. The second kappa shape index (κ2) is 9.47. The number of carbonyl (C=O) groups is 3. The van der Waals surface area contributed by atoms with Crippen molar-refractivity contribution in [3.63, 3.8) is 0 Å². The molecular formula is C22H29BrN4O3. The van der Waals surface area contributed by atoms with Crippen molar-refractivity contribution in [2.75, 3.05) is 57.3 Å². The highest BCUT2D eigenvalue weighted by molar-refractivity contribution is 9.10. The van der Waals surface area contributed by atoms with Crippen LogP contribution in [0.5, 0.6) is 0 Å². The molecule has 0 aromatic heterocycles. The molecule has 7 nitrogen and oxygen atoms in total. The lowest BCUT2D eigenvalue weighted by Gasteiger charge is -2.25. The van der Waals surface area contributed by atoms with Crippen LogP contribution in [0.25, 0.3) is 0 Å². The average molecular weight is 477 g/mol. The van der Waals surface area contributed by atoms with Crippen LogP contribution in [0.2, 0.25) is 0 Å². The van der Waals surface area contributed by atoms with Gasteiger partial charge in [0.1, 0.15) is 0 Å². The molecule has 0 spiro atoms. The Balaban J connectivity index is 1.31. The molecule has 0 N–H and O–H groups in total. The van der Waals surface area contributed by atoms with Crippen LogP contribution in [0.4, 0.5) is 5.69 Å². The van der Waals surface area contributed by atoms with E-state index < -0.39 is 0 Å². The Kier molecular flexibility index (Phi) is 6.73. The van der Waals surface area contributed by atoms with Crippen LogP contribution in [-0.4, -0.2) is 84.8 Å². The van der Waals surface area contributed by atoms with Gasteiger partial charge < -0.3 is 14.7 Å². The van der Waals surface area contributed by atoms with Crippen molar-refractivity contribution >= 4 is 39.3 Å². The minimum absolute atomic E-state index is 0.00308. The lowest BCUT2D eigenvalue weighted by atomic mass is 10.1. The molecule has 3 aliphatic rings. The lowest BCUT2D eigenvalue weighted by Crippen LogP contribution is -2.42. The van der Waals surface area contributed by atoms with Crippen LogP contribution in [0.1, 0.15) is 25.7 Å². The minimum atomic E-state index is -0.293. The van der Waals surface area contributed by atoms with Crippen LogP contribution in [0.15, 0.2) is 28.7 Å². The highest BCUT2D eigenvalue weighted by atomic mass is 79.9. The van der Waals surface area contributed by atoms with Gasteiger partial charge in [0.2, 0.25) is 17.7 Å². The lowest BCUT2D eigenvalue weighted by molar-refractivity contribution is -0.135. The average Bonchev–Trinajstić information content (AvgIpc) is 3.35. The Morgan fingerprint density at radius 1 is 0.900 bits per heavy atom. The van der Waals surface area contributed by atoms with Gasteiger partial charge in [-0.25, -0.2) is 0 Å². The number of amides is 3. The Morgan fingerprint density at radius 3 is 2.33 bits per heavy atom. The molecule has 4 rings (SSSR count). The number of carbonyl (C=O) groups excluding carboxylic acids is 3. The smallest absolute Gasteiger partial charge is 0.236 e. The molecule has 0 unspecified atom stereocenters. The first-order valence-electron chi connectivity index (χ1n) is 10.9. The molecule has 0 bridgehead atoms. The van der Waals surface area contributed by atoms with E-state index in [0.29, 0.717) is 32.7 Å². The van der Waals surface area contributed by atoms with Gasteiger partial charge in [0, 0.05) is 62.4 Å². The van der Waals surface area contributed by atoms with Crippen molar-refractivity contribution in [2.24, 2.45) is 5.92 Å². The maximum absolute atomic E-state index is 13.1. The van der Waals surface area contributed by atoms with E-state index in [-0.39, 0.29) is 30.1 Å². The van der Waals surface area contributed by atoms with E-state index in [1.807, 2.05) is 34.1 Å². The second-order valence-corrected chi connectivity index (χ2v) is 9.34. The zero-order valence-corrected chi connectivity index (χ0v) is 18.8. The van der Waals surface area contributed by atoms with E-state index in [1.165, 1.54) is 0 Å². The summed E-state index contributed by atoms with van der Waals surface area (Å²) < 4.78 is 0.961. The number of hydrogen-bond donors (Lipinski definition) is 0. The number of halogens is 1. The predicted octanol–water partition coefficient (Wildman–Crippen LogP) is 1.96. The van der Waals surface area contributed by atoms with E-state index in [9.17, 15) is 14.4 Å². The summed E-state index contributed by atoms with van der Waals surface area (Å²) in [4.78, 5) is 45.8. The SMILES string of the molecule is O=C(CN1CCCN(C(=O)[C@H]2CC(=O)N(c3ccc(Br)cc3)C2)CC1)N1CCCC1. The van der Waals surface area contributed by atoms with Gasteiger partial charge in [-0.15, -0.1) is 0 Å². The monoisotopic (exact) mass is 476 g/mol. The van der Waals surface area contributed by atoms with Crippen molar-refractivity contribution in [1.82, 2.24) is 14.7 Å². The van der Waals surface area contributed by atoms with E-state index >= 15 is 0 Å². The molecule has 0 aliphatic carbocycles. The summed E-state index contributed by atoms with van der Waals surface area (Å²) in [5, 5.41) is 0. The number of benzene rings is 1. The first kappa shape index (κ1) is 21.3. The summed E-state index contributed by atoms with van der Waals surface area (Å²) in [5.74, 6) is -0.0169. The summed E-state index contributed by atoms with van der Waals surface area (Å²) in [6, 6.07) is 7.61. The number of anilines is 1. The fourth-order valence-corrected chi connectivity index (χ4v) is 4.87. The quantitative estimate of drug-likeness (QED) is 0.666. The zero-order valence-electron chi connectivity index (χ0n) is 17.3. The molecule has 0 radical (unpaired) electrons. The van der Waals surface area contributed by atoms with Gasteiger partial charge in [-0.1, -0.05) is 15.9 Å². The van der Waals surface area contributed by atoms with Crippen molar-refractivity contribution in [1.29, 1.82) is 0 Å². The topological polar surface area (TPSA) is 64.2 Å². The molecule has 30 heavy (non-hydrogen) atoms. The molecule has 8 heteroatoms. The highest BCUT2D eigenvalue weighted by Crippen LogP contribution is 2.27. The summed E-state index contributed by atoms with van der Waals surface area (Å²) >= 11 is 3.41. The normalized spacial score (nSPS) is 23.2. The highest BCUT2D eigenvalue weighted by Gasteiger charge is 2.37. The standard InChI is InChI=1S/C22H29BrN4O3/c23-18-4-6-19(7-5-18)27-15-17(14-20(27)28)22(30)26-11-3-8-24(12-13-26)16-21(29)25-9-1-2-10-25/h4-7,17H,1-3,8-16H2/t17-/m0/s1. The van der Waals surface area contributed by atoms with E-state index in [0.717, 1.165) is 49.1 Å². The molecule has 3 amide bonds. The van der Waals surface area contributed by atoms with E-state index in [1.54, 1.807) is 4.90 Å². The summed E-state index contributed by atoms with van der Waals surface area (Å²) in [7, 11) is 0. The number of likely N-dealkylation sites (tertiary alicyclic amines) is 1. The van der Waals surface area contributed by atoms with Gasteiger partial charge in [0.25, 0.3) is 0 Å². The van der Waals surface area contributed by atoms with Gasteiger partial charge in [-0.05, 0) is 43.5 Å². The Morgan fingerprint density at radius 2 is 1.60 bits per heavy atom. The van der Waals surface area contributed by atoms with Gasteiger partial charge in [0.15, 0.2) is 0 Å². The predicted molar refractivity (Wildman–Crippen MR) is 118 cm³/mol. The third-order valence-corrected chi connectivity index (χ3v) is 6.86. The van der Waals surface area contributed by atoms with Gasteiger partial charge >= 0.3 is 0 Å². The molecule has 3 saturated heterocycles. The van der Waals surface area contributed by atoms with Gasteiger partial charge in [-0.2, -0.15) is 0 Å². The molecule has 3 fully saturated rings. The fourth-order valence-electron chi connectivity index (χ4n) is 4.61. The Bertz CT molecular complexity index is 794. The van der Waals surface area contributed by atoms with E-state index in [2.05, 4.69) is 20.8 Å². The molecule has 1 atom stereocenters. The van der Waals surface area contributed by atoms with Crippen LogP contribution in [0.3, 0.4) is 0 Å². The van der Waals surface area contributed by atoms with E-state index in [4.69, 9.17) is 0 Å². The zero-order chi connectivity index (χ0) is 21.1. The summed E-state index contributed by atoms with van der Waals surface area (Å²) in [5.41, 5.74) is 0.834. The van der Waals surface area contributed by atoms with Gasteiger partial charge in [0.05, 0.1) is 12.5 Å². The molecule has 3 aliphatic heterocycles. The Hall–Kier alpha value is -1.93. The van der Waals surface area contributed by atoms with Crippen LogP contribution in [0, 0.1) is 5.92 Å². The number of nitrogens with zero attached hydrogens (tertiary/aromatic N) is 4. The van der Waals surface area contributed by atoms with Crippen LogP contribution < -0.4 is 4.90 Å². The van der Waals surface area contributed by atoms with Crippen LogP contribution in [-0.2, 0) is 14.4 Å². The van der Waals surface area contributed by atoms with Crippen molar-refractivity contribution in [3.8, 4) is 0 Å². The largest absolute Gasteiger partial charge is 0.342 e. The first-order chi connectivity index (χ1) is 14.5. The maximum atomic E-state index is 13.1. The number of rotatable bonds is 4. The third-order valence-electron chi connectivity index (χ3n) is 6.33. The fraction of sp³-hybridized carbons (Fsp3) is 0.591. The van der Waals surface area contributed by atoms with Crippen molar-refractivity contribution < 1.29 is 14.4 Å². The van der Waals surface area contributed by atoms with Crippen LogP contribution >= 0.6 is 15.9 Å². The molecule has 1 aromatic rings. The third kappa shape index (κ3) is 4.86. The molecule has 0 saturated carbocycles. The maximum Gasteiger partial charge on any atom is 0.236 e. The number of hydrogen-bond acceptors (Lipinski definition) is 4. The minimum Gasteiger partial charge on any atom is -0.342 e. The molecular weight excluding hydrogens is 448 g/mol.